The molecule has 3 saturated heterocycles. The number of carbonyl (C=O) groups excluding carboxylic acids is 4. The Morgan fingerprint density at radius 3 is 1.29 bits per heavy atom. The smallest absolute Gasteiger partial charge is 0.350 e. The van der Waals surface area contributed by atoms with Crippen LogP contribution in [0, 0.1) is 0 Å². The van der Waals surface area contributed by atoms with E-state index in [0.29, 0.717) is 159 Å². The van der Waals surface area contributed by atoms with Crippen LogP contribution < -0.4 is 71.3 Å². The van der Waals surface area contributed by atoms with Crippen molar-refractivity contribution < 1.29 is 38.1 Å². The monoisotopic (exact) mass is 1860 g/mol. The zero-order valence-corrected chi connectivity index (χ0v) is 77.3. The number of H-pyrrole nitrogens is 2. The third-order valence-electron chi connectivity index (χ3n) is 27.1. The molecule has 36 nitrogen and oxygen atoms in total. The van der Waals surface area contributed by atoms with Crippen LogP contribution in [-0.4, -0.2) is 239 Å². The summed E-state index contributed by atoms with van der Waals surface area (Å²) in [5, 5.41) is 14.6. The maximum atomic E-state index is 13.7. The van der Waals surface area contributed by atoms with Crippen LogP contribution in [0.2, 0.25) is 0 Å². The molecule has 0 spiro atoms. The van der Waals surface area contributed by atoms with Gasteiger partial charge in [-0.3, -0.25) is 28.8 Å². The lowest BCUT2D eigenvalue weighted by molar-refractivity contribution is -0.122. The second-order valence-electron chi connectivity index (χ2n) is 35.9. The highest BCUT2D eigenvalue weighted by molar-refractivity contribution is 7.21. The van der Waals surface area contributed by atoms with Gasteiger partial charge < -0.3 is 84.1 Å². The van der Waals surface area contributed by atoms with Gasteiger partial charge in [-0.15, -0.1) is 11.3 Å². The van der Waals surface area contributed by atoms with Gasteiger partial charge in [0.25, 0.3) is 34.4 Å². The minimum Gasteiger partial charge on any atom is -0.482 e. The van der Waals surface area contributed by atoms with Crippen molar-refractivity contribution in [1.29, 1.82) is 0 Å². The van der Waals surface area contributed by atoms with Gasteiger partial charge >= 0.3 is 5.97 Å². The van der Waals surface area contributed by atoms with Crippen molar-refractivity contribution >= 4 is 163 Å². The number of hydrogen-bond acceptors (Lipinski definition) is 26. The number of ether oxygens (including phenoxy) is 4. The van der Waals surface area contributed by atoms with E-state index in [-0.39, 0.29) is 60.2 Å². The molecule has 18 heterocycles. The van der Waals surface area contributed by atoms with Crippen LogP contribution in [0.15, 0.2) is 191 Å². The number of allylic oxidation sites excluding steroid dienone is 6. The number of aromatic nitrogens is 14. The molecule has 37 heteroatoms. The third-order valence-corrected chi connectivity index (χ3v) is 28.2. The summed E-state index contributed by atoms with van der Waals surface area (Å²) in [7, 11) is 6.45. The normalized spacial score (nSPS) is 17.2. The first kappa shape index (κ1) is 87.2. The number of thiophene rings is 1. The SMILES string of the molecule is CCOC(=O)c1sc2ccc(Nc3ncc4c(=O)n5n(c4n3)-c3ccc4c(c3)N(CCCC=CC5)C(=O)CO4)cc2c1N1CCN(C)CC1.CN1CCC(c2c[nH]c3cc(Nc4ncc5c(=O)n6n(c5n4)-c4ccc5c(c4)N(CCCC=CC6)C(=O)CO5)ccc23)CC1.CN1CCN(c2c[nH]c3cc(Nc4ncc5c(=O)n6n(c5n4)-c4ccc5c(c4)N(CCCC=CC6)C(=O)CO5)ccc23)CC1. The third kappa shape index (κ3) is 16.8. The summed E-state index contributed by atoms with van der Waals surface area (Å²) in [6.45, 7) is 14.8. The zero-order valence-electron chi connectivity index (χ0n) is 76.5. The summed E-state index contributed by atoms with van der Waals surface area (Å²) in [6.07, 6.45) is 28.2. The summed E-state index contributed by atoms with van der Waals surface area (Å²) in [4.78, 5) is 145. The Balaban J connectivity index is 0.000000119. The fourth-order valence-corrected chi connectivity index (χ4v) is 20.9. The summed E-state index contributed by atoms with van der Waals surface area (Å²) >= 11 is 1.44. The first-order chi connectivity index (χ1) is 66.9. The van der Waals surface area contributed by atoms with E-state index in [0.717, 1.165) is 148 Å². The highest BCUT2D eigenvalue weighted by Crippen LogP contribution is 2.44. The van der Waals surface area contributed by atoms with E-state index in [4.69, 9.17) is 33.9 Å². The number of aromatic amines is 2. The Morgan fingerprint density at radius 2 is 0.839 bits per heavy atom. The van der Waals surface area contributed by atoms with Gasteiger partial charge in [0.1, 0.15) is 38.3 Å². The Morgan fingerprint density at radius 1 is 0.431 bits per heavy atom. The molecule has 3 fully saturated rings. The van der Waals surface area contributed by atoms with Gasteiger partial charge in [-0.2, -0.15) is 15.0 Å². The quantitative estimate of drug-likeness (QED) is 0.0593. The standard InChI is InChI=1S/C35H36N8O5S.C33H34N8O3.C32H33N9O3/c1-3-47-34(46)31-30(40-16-14-39(2)15-17-40)24-18-22(8-11-28(24)49-31)37-35-36-20-25-32(38-35)43-23-9-10-27-26(19-23)41(29(44)21-48-27)12-6-4-5-7-13-42(43)33(25)45;1-38-14-10-21(11-15-38)25-18-34-27-16-22(6-8-24(25)27)36-33-35-19-26-31(37-33)41-23-7-9-29-28(17-23)39(30(42)20-44-29)12-4-2-3-5-13-40(41)32(26)43;1-37-12-14-38(15-13-37)27-19-33-25-16-21(6-8-23(25)27)35-32-34-18-24-30(36-32)41-22-7-9-28-26(17-22)39(29(42)20-44-28)10-4-2-3-5-11-40(41)31(24)43/h5,7-11,18-20H,3-4,6,12-17,21H2,1-2H3,(H,36,37,38);3,5-9,16-19,21,34H,2,4,10-15,20H2,1H3,(H,35,36,37);3,5-9,16-19,33H,2,4,10-15,20H2,1H3,(H,34,35,36). The number of nitrogens with one attached hydrogen (secondary N) is 5. The average molecular weight is 1860 g/mol. The molecule has 0 radical (unpaired) electrons. The highest BCUT2D eigenvalue weighted by atomic mass is 32.1. The van der Waals surface area contributed by atoms with Crippen LogP contribution >= 0.6 is 11.3 Å². The van der Waals surface area contributed by atoms with Crippen molar-refractivity contribution in [2.24, 2.45) is 0 Å². The van der Waals surface area contributed by atoms with E-state index in [2.05, 4.69) is 141 Å². The number of esters is 1. The van der Waals surface area contributed by atoms with E-state index >= 15 is 0 Å². The first-order valence-corrected chi connectivity index (χ1v) is 47.7. The van der Waals surface area contributed by atoms with Gasteiger partial charge in [0.15, 0.2) is 36.8 Å². The van der Waals surface area contributed by atoms with Gasteiger partial charge in [0.05, 0.1) is 71.7 Å². The first-order valence-electron chi connectivity index (χ1n) is 46.9. The van der Waals surface area contributed by atoms with Crippen molar-refractivity contribution in [3.63, 3.8) is 0 Å². The number of amides is 3. The number of piperidine rings is 1. The van der Waals surface area contributed by atoms with Gasteiger partial charge in [0, 0.05) is 152 Å². The molecule has 9 aromatic heterocycles. The van der Waals surface area contributed by atoms with Crippen molar-refractivity contribution in [2.45, 2.75) is 83.8 Å². The molecular weight excluding hydrogens is 1760 g/mol. The van der Waals surface area contributed by atoms with Crippen LogP contribution in [0.4, 0.5) is 63.3 Å². The molecule has 6 bridgehead atoms. The van der Waals surface area contributed by atoms with Crippen LogP contribution in [0.25, 0.3) is 82.1 Å². The molecule has 0 unspecified atom stereocenters. The Labute approximate surface area is 789 Å². The van der Waals surface area contributed by atoms with Gasteiger partial charge in [-0.05, 0) is 207 Å². The number of benzene rings is 6. The number of likely N-dealkylation sites (tertiary alicyclic amines) is 1. The van der Waals surface area contributed by atoms with Gasteiger partial charge in [0.2, 0.25) is 17.8 Å². The molecule has 6 aromatic carbocycles. The minimum absolute atomic E-state index is 0.000221. The van der Waals surface area contributed by atoms with Crippen LogP contribution in [0.1, 0.15) is 79.4 Å². The molecule has 700 valence electrons. The lowest BCUT2D eigenvalue weighted by atomic mass is 9.89. The molecule has 137 heavy (non-hydrogen) atoms. The van der Waals surface area contributed by atoms with Crippen molar-refractivity contribution in [2.75, 3.05) is 173 Å². The zero-order chi connectivity index (χ0) is 93.2. The maximum absolute atomic E-state index is 13.7. The maximum Gasteiger partial charge on any atom is 0.350 e. The molecule has 0 aliphatic carbocycles. The molecule has 3 amide bonds. The number of fused-ring (bicyclic) bond motifs is 18. The number of hydrogen-bond donors (Lipinski definition) is 5. The highest BCUT2D eigenvalue weighted by Gasteiger charge is 2.35. The average Bonchev–Trinajstić information content (AvgIpc) is 1.61. The van der Waals surface area contributed by atoms with E-state index < -0.39 is 0 Å². The number of anilines is 11. The number of rotatable bonds is 11. The molecule has 24 rings (SSSR count). The number of carbonyl (C=O) groups is 4. The Bertz CT molecular complexity index is 7300. The van der Waals surface area contributed by atoms with Crippen molar-refractivity contribution in [3.05, 3.63) is 218 Å². The molecule has 0 saturated carbocycles. The second-order valence-corrected chi connectivity index (χ2v) is 36.9. The lowest BCUT2D eigenvalue weighted by Crippen LogP contribution is -2.44. The van der Waals surface area contributed by atoms with E-state index in [9.17, 15) is 33.6 Å². The van der Waals surface area contributed by atoms with Crippen molar-refractivity contribution in [1.82, 2.24) is 82.7 Å². The van der Waals surface area contributed by atoms with E-state index in [1.807, 2.05) is 119 Å². The van der Waals surface area contributed by atoms with Crippen LogP contribution in [0.5, 0.6) is 17.2 Å². The summed E-state index contributed by atoms with van der Waals surface area (Å²) < 4.78 is 34.0. The summed E-state index contributed by atoms with van der Waals surface area (Å²) in [6, 6.07) is 35.4. The fraction of sp³-hybridized carbons (Fsp3) is 0.330. The lowest BCUT2D eigenvalue weighted by Gasteiger charge is -2.34. The molecular formula is C100H103N25O11S. The number of piperazine rings is 2. The molecule has 15 aromatic rings. The van der Waals surface area contributed by atoms with Crippen LogP contribution in [0.3, 0.4) is 0 Å². The molecule has 5 N–H and O–H groups in total. The number of likely N-dealkylation sites (N-methyl/N-ethyl adjacent to an activating group) is 2. The van der Waals surface area contributed by atoms with Gasteiger partial charge in [-0.25, -0.2) is 47.8 Å². The number of nitrogens with zero attached hydrogens (tertiary/aromatic N) is 20. The largest absolute Gasteiger partial charge is 0.482 e. The van der Waals surface area contributed by atoms with Crippen molar-refractivity contribution in [3.8, 4) is 34.3 Å². The summed E-state index contributed by atoms with van der Waals surface area (Å²) in [5.74, 6) is 3.02. The second kappa shape index (κ2) is 36.9. The predicted octanol–water partition coefficient (Wildman–Crippen LogP) is 12.9. The summed E-state index contributed by atoms with van der Waals surface area (Å²) in [5.41, 5.74) is 13.0. The topological polar surface area (TPSA) is 357 Å². The van der Waals surface area contributed by atoms with E-state index in [1.54, 1.807) is 52.0 Å². The molecule has 9 aliphatic heterocycles. The van der Waals surface area contributed by atoms with Crippen LogP contribution in [-0.2, 0) is 38.8 Å². The molecule has 0 atom stereocenters. The Kier molecular flexibility index (Phi) is 23.5. The minimum atomic E-state index is -0.314. The van der Waals surface area contributed by atoms with Gasteiger partial charge in [-0.1, -0.05) is 42.5 Å². The Hall–Kier alpha value is -15.2. The predicted molar refractivity (Wildman–Crippen MR) is 531 cm³/mol. The molecule has 9 aliphatic rings. The van der Waals surface area contributed by atoms with E-state index in [1.165, 1.54) is 46.2 Å². The fourth-order valence-electron chi connectivity index (χ4n) is 19.8.